The van der Waals surface area contributed by atoms with E-state index in [0.717, 1.165) is 5.56 Å². The Hall–Kier alpha value is -3.20. The van der Waals surface area contributed by atoms with Crippen molar-refractivity contribution in [3.05, 3.63) is 63.1 Å². The van der Waals surface area contributed by atoms with Gasteiger partial charge in [0.25, 0.3) is 5.56 Å². The molecule has 1 aliphatic rings. The smallest absolute Gasteiger partial charge is 0.328 e. The van der Waals surface area contributed by atoms with Crippen LogP contribution >= 0.6 is 0 Å². The Bertz CT molecular complexity index is 1160. The fourth-order valence-corrected chi connectivity index (χ4v) is 4.12. The van der Waals surface area contributed by atoms with Crippen LogP contribution in [0, 0.1) is 5.92 Å². The first-order valence-electron chi connectivity index (χ1n) is 9.48. The minimum atomic E-state index is -0.471. The minimum absolute atomic E-state index is 0.0221. The molecule has 2 aromatic heterocycles. The van der Waals surface area contributed by atoms with Crippen molar-refractivity contribution >= 4 is 16.8 Å². The molecule has 9 heteroatoms. The molecule has 1 aliphatic heterocycles. The molecule has 29 heavy (non-hydrogen) atoms. The van der Waals surface area contributed by atoms with Gasteiger partial charge in [-0.05, 0) is 12.1 Å². The molecule has 1 N–H and O–H groups in total. The molecular formula is C20H23N5O4. The Kier molecular flexibility index (Phi) is 5.06. The van der Waals surface area contributed by atoms with Gasteiger partial charge in [-0.1, -0.05) is 12.1 Å². The number of amides is 1. The van der Waals surface area contributed by atoms with Crippen LogP contribution in [0.4, 0.5) is 0 Å². The number of benzene rings is 1. The number of aromatic nitrogens is 4. The molecule has 9 nitrogen and oxygen atoms in total. The molecule has 2 atom stereocenters. The number of para-hydroxylation sites is 1. The summed E-state index contributed by atoms with van der Waals surface area (Å²) < 4.78 is 8.03. The second kappa shape index (κ2) is 7.67. The Morgan fingerprint density at radius 2 is 2.03 bits per heavy atom. The van der Waals surface area contributed by atoms with E-state index >= 15 is 0 Å². The molecule has 1 aromatic carbocycles. The summed E-state index contributed by atoms with van der Waals surface area (Å²) in [5.74, 6) is -0.255. The average molecular weight is 397 g/mol. The number of carbonyl (C=O) groups excluding carboxylic acids is 1. The Morgan fingerprint density at radius 3 is 2.76 bits per heavy atom. The zero-order valence-corrected chi connectivity index (χ0v) is 16.4. The highest BCUT2D eigenvalue weighted by Gasteiger charge is 2.41. The molecule has 0 aliphatic carbocycles. The fraction of sp³-hybridized carbons (Fsp3) is 0.400. The van der Waals surface area contributed by atoms with Crippen LogP contribution in [0.15, 0.2) is 46.2 Å². The highest BCUT2D eigenvalue weighted by Crippen LogP contribution is 2.38. The summed E-state index contributed by atoms with van der Waals surface area (Å²) in [5, 5.41) is 4.68. The van der Waals surface area contributed by atoms with E-state index in [1.54, 1.807) is 47.2 Å². The van der Waals surface area contributed by atoms with Gasteiger partial charge >= 0.3 is 5.69 Å². The first kappa shape index (κ1) is 19.1. The average Bonchev–Trinajstić information content (AvgIpc) is 3.26. The Morgan fingerprint density at radius 1 is 1.24 bits per heavy atom. The third kappa shape index (κ3) is 3.49. The van der Waals surface area contributed by atoms with E-state index in [4.69, 9.17) is 4.74 Å². The van der Waals surface area contributed by atoms with Gasteiger partial charge in [0.15, 0.2) is 0 Å². The number of aromatic amines is 1. The van der Waals surface area contributed by atoms with E-state index in [1.165, 1.54) is 4.57 Å². The maximum Gasteiger partial charge on any atom is 0.328 e. The van der Waals surface area contributed by atoms with Crippen LogP contribution in [0.3, 0.4) is 0 Å². The normalized spacial score (nSPS) is 19.4. The third-order valence-electron chi connectivity index (χ3n) is 5.45. The number of likely N-dealkylation sites (tertiary alicyclic amines) is 1. The van der Waals surface area contributed by atoms with Gasteiger partial charge in [-0.25, -0.2) is 4.79 Å². The molecule has 0 spiro atoms. The largest absolute Gasteiger partial charge is 0.383 e. The van der Waals surface area contributed by atoms with Crippen LogP contribution in [-0.2, 0) is 23.1 Å². The summed E-state index contributed by atoms with van der Waals surface area (Å²) in [7, 11) is 3.40. The summed E-state index contributed by atoms with van der Waals surface area (Å²) in [6, 6.07) is 6.64. The van der Waals surface area contributed by atoms with E-state index in [-0.39, 0.29) is 36.4 Å². The molecular weight excluding hydrogens is 374 g/mol. The number of H-pyrrole nitrogens is 1. The van der Waals surface area contributed by atoms with E-state index < -0.39 is 5.69 Å². The maximum atomic E-state index is 12.9. The molecule has 1 amide bonds. The first-order chi connectivity index (χ1) is 14.0. The quantitative estimate of drug-likeness (QED) is 0.658. The zero-order valence-electron chi connectivity index (χ0n) is 16.4. The molecule has 4 rings (SSSR count). The molecule has 0 bridgehead atoms. The van der Waals surface area contributed by atoms with Gasteiger partial charge in [0.05, 0.1) is 29.7 Å². The maximum absolute atomic E-state index is 12.9. The zero-order chi connectivity index (χ0) is 20.5. The summed E-state index contributed by atoms with van der Waals surface area (Å²) in [6.45, 7) is 0.994. The second-order valence-electron chi connectivity index (χ2n) is 7.33. The third-order valence-corrected chi connectivity index (χ3v) is 5.45. The topological polar surface area (TPSA) is 102 Å². The number of ether oxygens (including phenoxy) is 1. The predicted octanol–water partition coefficient (Wildman–Crippen LogP) is 0.659. The van der Waals surface area contributed by atoms with Crippen LogP contribution < -0.4 is 11.2 Å². The van der Waals surface area contributed by atoms with Crippen LogP contribution in [-0.4, -0.2) is 50.4 Å². The van der Waals surface area contributed by atoms with Crippen molar-refractivity contribution in [3.63, 3.8) is 0 Å². The standard InChI is InChI=1S/C20H23N5O4/c1-23-11-14(10-21-23)18-13(9-17(26)24(18)7-8-29-2)12-25-19(27)15-5-3-4-6-16(15)22-20(25)28/h3-6,10-11,13,18H,7-9,12H2,1-2H3,(H,22,28)/t13-,18+/m1/s1. The van der Waals surface area contributed by atoms with Gasteiger partial charge in [-0.15, -0.1) is 0 Å². The number of hydrogen-bond donors (Lipinski definition) is 1. The summed E-state index contributed by atoms with van der Waals surface area (Å²) >= 11 is 0. The van der Waals surface area contributed by atoms with Gasteiger partial charge < -0.3 is 14.6 Å². The van der Waals surface area contributed by atoms with Crippen molar-refractivity contribution in [2.75, 3.05) is 20.3 Å². The molecule has 1 fully saturated rings. The van der Waals surface area contributed by atoms with Crippen molar-refractivity contribution in [2.45, 2.75) is 19.0 Å². The molecule has 0 radical (unpaired) electrons. The van der Waals surface area contributed by atoms with Crippen LogP contribution in [0.1, 0.15) is 18.0 Å². The number of methoxy groups -OCH3 is 1. The molecule has 0 saturated carbocycles. The highest BCUT2D eigenvalue weighted by atomic mass is 16.5. The molecule has 3 aromatic rings. The fourth-order valence-electron chi connectivity index (χ4n) is 4.12. The lowest BCUT2D eigenvalue weighted by Crippen LogP contribution is -2.38. The van der Waals surface area contributed by atoms with Gasteiger partial charge in [-0.2, -0.15) is 5.10 Å². The van der Waals surface area contributed by atoms with Crippen LogP contribution in [0.2, 0.25) is 0 Å². The van der Waals surface area contributed by atoms with Gasteiger partial charge in [-0.3, -0.25) is 18.8 Å². The summed E-state index contributed by atoms with van der Waals surface area (Å²) in [4.78, 5) is 42.8. The van der Waals surface area contributed by atoms with Crippen molar-refractivity contribution in [1.82, 2.24) is 24.2 Å². The number of carbonyl (C=O) groups is 1. The number of rotatable bonds is 6. The molecule has 3 heterocycles. The van der Waals surface area contributed by atoms with Crippen molar-refractivity contribution in [1.29, 1.82) is 0 Å². The lowest BCUT2D eigenvalue weighted by atomic mass is 9.95. The lowest BCUT2D eigenvalue weighted by molar-refractivity contribution is -0.129. The number of aryl methyl sites for hydroxylation is 1. The number of nitrogens with zero attached hydrogens (tertiary/aromatic N) is 4. The second-order valence-corrected chi connectivity index (χ2v) is 7.33. The highest BCUT2D eigenvalue weighted by molar-refractivity contribution is 5.80. The van der Waals surface area contributed by atoms with Crippen LogP contribution in [0.5, 0.6) is 0 Å². The van der Waals surface area contributed by atoms with Gasteiger partial charge in [0.2, 0.25) is 5.91 Å². The van der Waals surface area contributed by atoms with Gasteiger partial charge in [0, 0.05) is 51.3 Å². The lowest BCUT2D eigenvalue weighted by Gasteiger charge is -2.27. The SMILES string of the molecule is COCCN1C(=O)C[C@H](Cn2c(=O)[nH]c3ccccc3c2=O)[C@H]1c1cnn(C)c1. The van der Waals surface area contributed by atoms with Crippen LogP contribution in [0.25, 0.3) is 10.9 Å². The number of nitrogens with one attached hydrogen (secondary N) is 1. The monoisotopic (exact) mass is 397 g/mol. The summed E-state index contributed by atoms with van der Waals surface area (Å²) in [6.07, 6.45) is 3.84. The Balaban J connectivity index is 1.73. The Labute approximate surface area is 166 Å². The minimum Gasteiger partial charge on any atom is -0.383 e. The van der Waals surface area contributed by atoms with E-state index in [0.29, 0.717) is 24.1 Å². The molecule has 1 saturated heterocycles. The van der Waals surface area contributed by atoms with Gasteiger partial charge in [0.1, 0.15) is 0 Å². The van der Waals surface area contributed by atoms with Crippen molar-refractivity contribution < 1.29 is 9.53 Å². The molecule has 152 valence electrons. The number of hydrogen-bond acceptors (Lipinski definition) is 5. The van der Waals surface area contributed by atoms with E-state index in [1.807, 2.05) is 13.2 Å². The summed E-state index contributed by atoms with van der Waals surface area (Å²) in [5.41, 5.74) is 0.565. The first-order valence-corrected chi connectivity index (χ1v) is 9.48. The van der Waals surface area contributed by atoms with Crippen molar-refractivity contribution in [2.24, 2.45) is 13.0 Å². The molecule has 0 unspecified atom stereocenters. The number of fused-ring (bicyclic) bond motifs is 1. The van der Waals surface area contributed by atoms with E-state index in [2.05, 4.69) is 10.1 Å². The van der Waals surface area contributed by atoms with E-state index in [9.17, 15) is 14.4 Å². The van der Waals surface area contributed by atoms with Crippen molar-refractivity contribution in [3.8, 4) is 0 Å². The predicted molar refractivity (Wildman–Crippen MR) is 106 cm³/mol.